The topological polar surface area (TPSA) is 53.1 Å². The van der Waals surface area contributed by atoms with Crippen molar-refractivity contribution < 1.29 is 4.74 Å². The smallest absolute Gasteiger partial charge is 0.174 e. The summed E-state index contributed by atoms with van der Waals surface area (Å²) in [5.41, 5.74) is 6.04. The molecule has 0 amide bonds. The maximum absolute atomic E-state index is 5.71. The third-order valence-electron chi connectivity index (χ3n) is 1.96. The van der Waals surface area contributed by atoms with Gasteiger partial charge in [0, 0.05) is 14.7 Å². The monoisotopic (exact) mass is 247 g/mol. The second-order valence-electron chi connectivity index (χ2n) is 4.76. The van der Waals surface area contributed by atoms with Gasteiger partial charge in [-0.05, 0) is 6.04 Å². The average molecular weight is 248 g/mol. The minimum absolute atomic E-state index is 0.337. The van der Waals surface area contributed by atoms with E-state index in [1.54, 1.807) is 10.9 Å². The van der Waals surface area contributed by atoms with Gasteiger partial charge in [-0.15, -0.1) is 0 Å². The average Bonchev–Trinajstić information content (AvgIpc) is 2.39. The van der Waals surface area contributed by atoms with Gasteiger partial charge in [-0.3, -0.25) is 0 Å². The molecule has 15 heavy (non-hydrogen) atoms. The lowest BCUT2D eigenvalue weighted by Gasteiger charge is -2.15. The molecule has 0 unspecified atom stereocenters. The first-order valence-electron chi connectivity index (χ1n) is 4.95. The number of ether oxygens (including phenoxy) is 1. The second kappa shape index (κ2) is 5.00. The molecule has 0 saturated carbocycles. The van der Waals surface area contributed by atoms with Crippen molar-refractivity contribution in [3.8, 4) is 0 Å². The van der Waals surface area contributed by atoms with Crippen LogP contribution in [-0.2, 0) is 11.5 Å². The van der Waals surface area contributed by atoms with E-state index in [1.165, 1.54) is 0 Å². The molecule has 6 heteroatoms. The number of nitrogen functional groups attached to an aromatic ring is 1. The molecule has 0 radical (unpaired) electrons. The highest BCUT2D eigenvalue weighted by molar-refractivity contribution is 6.76. The lowest BCUT2D eigenvalue weighted by atomic mass is 10.6. The Bertz CT molecular complexity index is 302. The van der Waals surface area contributed by atoms with Crippen LogP contribution in [0.4, 0.5) is 5.69 Å². The van der Waals surface area contributed by atoms with Gasteiger partial charge in [-0.1, -0.05) is 31.2 Å². The third kappa shape index (κ3) is 4.68. The molecule has 1 aromatic heterocycles. The molecule has 0 saturated heterocycles. The zero-order valence-electron chi connectivity index (χ0n) is 9.46. The summed E-state index contributed by atoms with van der Waals surface area (Å²) in [6.45, 7) is 8.14. The zero-order chi connectivity index (χ0) is 11.5. The Hall–Kier alpha value is -0.523. The molecule has 0 spiro atoms. The predicted octanol–water partition coefficient (Wildman–Crippen LogP) is 2.43. The van der Waals surface area contributed by atoms with Gasteiger partial charge in [0.25, 0.3) is 0 Å². The normalized spacial score (nSPS) is 12.0. The molecule has 0 fully saturated rings. The Morgan fingerprint density at radius 3 is 2.67 bits per heavy atom. The van der Waals surface area contributed by atoms with Gasteiger partial charge >= 0.3 is 0 Å². The summed E-state index contributed by atoms with van der Waals surface area (Å²) in [6, 6.07) is 1.15. The highest BCUT2D eigenvalue weighted by Crippen LogP contribution is 2.14. The quantitative estimate of drug-likeness (QED) is 0.642. The molecule has 0 aliphatic rings. The molecule has 86 valence electrons. The van der Waals surface area contributed by atoms with Crippen LogP contribution in [0.3, 0.4) is 0 Å². The van der Waals surface area contributed by atoms with Crippen molar-refractivity contribution in [3.05, 3.63) is 11.3 Å². The Morgan fingerprint density at radius 1 is 1.53 bits per heavy atom. The van der Waals surface area contributed by atoms with Crippen molar-refractivity contribution in [1.82, 2.24) is 9.78 Å². The minimum atomic E-state index is -1.01. The van der Waals surface area contributed by atoms with Gasteiger partial charge in [0.2, 0.25) is 0 Å². The van der Waals surface area contributed by atoms with E-state index >= 15 is 0 Å². The molecular weight excluding hydrogens is 230 g/mol. The van der Waals surface area contributed by atoms with E-state index in [-0.39, 0.29) is 0 Å². The Balaban J connectivity index is 2.26. The van der Waals surface area contributed by atoms with Crippen LogP contribution in [-0.4, -0.2) is 24.5 Å². The van der Waals surface area contributed by atoms with E-state index in [0.29, 0.717) is 17.6 Å². The lowest BCUT2D eigenvalue weighted by Crippen LogP contribution is -2.22. The molecule has 0 bridgehead atoms. The van der Waals surface area contributed by atoms with E-state index < -0.39 is 8.07 Å². The number of nitrogens with zero attached hydrogens (tertiary/aromatic N) is 2. The molecule has 1 aromatic rings. The first-order valence-corrected chi connectivity index (χ1v) is 9.03. The predicted molar refractivity (Wildman–Crippen MR) is 65.8 cm³/mol. The number of halogens is 1. The van der Waals surface area contributed by atoms with Gasteiger partial charge in [0.05, 0.1) is 11.9 Å². The third-order valence-corrected chi connectivity index (χ3v) is 3.96. The molecule has 2 N–H and O–H groups in total. The fourth-order valence-corrected chi connectivity index (χ4v) is 1.92. The summed E-state index contributed by atoms with van der Waals surface area (Å²) in [7, 11) is -1.01. The van der Waals surface area contributed by atoms with Crippen LogP contribution in [0.25, 0.3) is 0 Å². The van der Waals surface area contributed by atoms with E-state index in [9.17, 15) is 0 Å². The molecule has 1 heterocycles. The van der Waals surface area contributed by atoms with Crippen molar-refractivity contribution in [1.29, 1.82) is 0 Å². The van der Waals surface area contributed by atoms with E-state index in [1.807, 2.05) is 0 Å². The van der Waals surface area contributed by atoms with E-state index in [0.717, 1.165) is 12.7 Å². The fourth-order valence-electron chi connectivity index (χ4n) is 1.02. The van der Waals surface area contributed by atoms with Crippen LogP contribution in [0.2, 0.25) is 30.8 Å². The fraction of sp³-hybridized carbons (Fsp3) is 0.667. The number of aromatic nitrogens is 2. The van der Waals surface area contributed by atoms with Crippen LogP contribution in [0.1, 0.15) is 0 Å². The second-order valence-corrected chi connectivity index (χ2v) is 10.7. The first kappa shape index (κ1) is 12.5. The van der Waals surface area contributed by atoms with Crippen LogP contribution in [0, 0.1) is 0 Å². The zero-order valence-corrected chi connectivity index (χ0v) is 11.2. The Morgan fingerprint density at radius 2 is 2.20 bits per heavy atom. The van der Waals surface area contributed by atoms with Crippen molar-refractivity contribution >= 4 is 25.4 Å². The highest BCUT2D eigenvalue weighted by Gasteiger charge is 2.12. The van der Waals surface area contributed by atoms with Crippen LogP contribution in [0.5, 0.6) is 0 Å². The Kier molecular flexibility index (Phi) is 4.18. The van der Waals surface area contributed by atoms with Crippen LogP contribution >= 0.6 is 11.6 Å². The van der Waals surface area contributed by atoms with Gasteiger partial charge in [0.15, 0.2) is 5.15 Å². The summed E-state index contributed by atoms with van der Waals surface area (Å²) in [5, 5.41) is 4.32. The molecule has 0 aliphatic carbocycles. The SMILES string of the molecule is C[Si](C)(C)CCOCn1cc(N)c(Cl)n1. The van der Waals surface area contributed by atoms with Gasteiger partial charge < -0.3 is 10.5 Å². The lowest BCUT2D eigenvalue weighted by molar-refractivity contribution is 0.0786. The van der Waals surface area contributed by atoms with Crippen molar-refractivity contribution in [3.63, 3.8) is 0 Å². The van der Waals surface area contributed by atoms with Crippen molar-refractivity contribution in [2.45, 2.75) is 32.4 Å². The first-order chi connectivity index (χ1) is 6.88. The summed E-state index contributed by atoms with van der Waals surface area (Å²) < 4.78 is 7.10. The van der Waals surface area contributed by atoms with E-state index in [4.69, 9.17) is 22.1 Å². The van der Waals surface area contributed by atoms with Gasteiger partial charge in [0.1, 0.15) is 6.73 Å². The van der Waals surface area contributed by atoms with Crippen molar-refractivity contribution in [2.75, 3.05) is 12.3 Å². The van der Waals surface area contributed by atoms with E-state index in [2.05, 4.69) is 24.7 Å². The molecule has 1 rings (SSSR count). The summed E-state index contributed by atoms with van der Waals surface area (Å²) >= 11 is 5.71. The number of hydrogen-bond donors (Lipinski definition) is 1. The highest BCUT2D eigenvalue weighted by atomic mass is 35.5. The number of anilines is 1. The summed E-state index contributed by atoms with van der Waals surface area (Å²) in [4.78, 5) is 0. The molecule has 0 aromatic carbocycles. The standard InChI is InChI=1S/C9H18ClN3OSi/c1-15(2,3)5-4-14-7-13-6-8(11)9(10)12-13/h6H,4-5,7,11H2,1-3H3. The van der Waals surface area contributed by atoms with Crippen LogP contribution < -0.4 is 5.73 Å². The van der Waals surface area contributed by atoms with Gasteiger partial charge in [-0.25, -0.2) is 4.68 Å². The minimum Gasteiger partial charge on any atom is -0.395 e. The number of rotatable bonds is 5. The number of hydrogen-bond acceptors (Lipinski definition) is 3. The largest absolute Gasteiger partial charge is 0.395 e. The maximum Gasteiger partial charge on any atom is 0.174 e. The molecule has 0 aliphatic heterocycles. The van der Waals surface area contributed by atoms with Crippen molar-refractivity contribution in [2.24, 2.45) is 0 Å². The Labute approximate surface area is 96.4 Å². The molecular formula is C9H18ClN3OSi. The number of nitrogens with two attached hydrogens (primary N) is 1. The maximum atomic E-state index is 5.71. The molecule has 4 nitrogen and oxygen atoms in total. The van der Waals surface area contributed by atoms with Crippen LogP contribution in [0.15, 0.2) is 6.20 Å². The summed E-state index contributed by atoms with van der Waals surface area (Å²) in [6.07, 6.45) is 1.68. The molecule has 0 atom stereocenters. The van der Waals surface area contributed by atoms with Gasteiger partial charge in [-0.2, -0.15) is 5.10 Å². The summed E-state index contributed by atoms with van der Waals surface area (Å²) in [5.74, 6) is 0.